The van der Waals surface area contributed by atoms with Gasteiger partial charge in [0.25, 0.3) is 0 Å². The standard InChI is InChI=1S/C12H20ClNO2/c1-4-9(2)12(3,15)8-14-7-10-5-6-11(13)16-10/h5-6,9,14-15H,4,7-8H2,1-3H3. The van der Waals surface area contributed by atoms with Gasteiger partial charge in [0.2, 0.25) is 0 Å². The van der Waals surface area contributed by atoms with Crippen molar-refractivity contribution < 1.29 is 9.52 Å². The van der Waals surface area contributed by atoms with Crippen molar-refractivity contribution in [1.82, 2.24) is 5.32 Å². The number of hydrogen-bond donors (Lipinski definition) is 2. The molecule has 1 heterocycles. The lowest BCUT2D eigenvalue weighted by atomic mass is 9.89. The van der Waals surface area contributed by atoms with Crippen molar-refractivity contribution in [3.05, 3.63) is 23.1 Å². The lowest BCUT2D eigenvalue weighted by Crippen LogP contribution is -2.42. The lowest BCUT2D eigenvalue weighted by Gasteiger charge is -2.29. The molecule has 0 bridgehead atoms. The Bertz CT molecular complexity index is 323. The van der Waals surface area contributed by atoms with Gasteiger partial charge in [-0.2, -0.15) is 0 Å². The third kappa shape index (κ3) is 3.81. The van der Waals surface area contributed by atoms with Crippen molar-refractivity contribution in [3.63, 3.8) is 0 Å². The minimum Gasteiger partial charge on any atom is -0.448 e. The molecule has 0 amide bonds. The van der Waals surface area contributed by atoms with E-state index in [-0.39, 0.29) is 5.92 Å². The molecule has 16 heavy (non-hydrogen) atoms. The maximum Gasteiger partial charge on any atom is 0.193 e. The van der Waals surface area contributed by atoms with Crippen LogP contribution in [0.15, 0.2) is 16.5 Å². The molecular formula is C12H20ClNO2. The Labute approximate surface area is 102 Å². The molecular weight excluding hydrogens is 226 g/mol. The van der Waals surface area contributed by atoms with Crippen molar-refractivity contribution >= 4 is 11.6 Å². The molecule has 2 N–H and O–H groups in total. The second-order valence-electron chi connectivity index (χ2n) is 4.48. The molecule has 3 nitrogen and oxygen atoms in total. The van der Waals surface area contributed by atoms with Gasteiger partial charge in [-0.15, -0.1) is 0 Å². The fraction of sp³-hybridized carbons (Fsp3) is 0.667. The van der Waals surface area contributed by atoms with Gasteiger partial charge >= 0.3 is 0 Å². The van der Waals surface area contributed by atoms with Gasteiger partial charge in [-0.1, -0.05) is 20.3 Å². The van der Waals surface area contributed by atoms with Crippen LogP contribution in [-0.4, -0.2) is 17.3 Å². The molecule has 0 fully saturated rings. The van der Waals surface area contributed by atoms with E-state index >= 15 is 0 Å². The molecule has 0 aliphatic heterocycles. The van der Waals surface area contributed by atoms with E-state index in [1.165, 1.54) is 0 Å². The Morgan fingerprint density at radius 2 is 2.25 bits per heavy atom. The first kappa shape index (κ1) is 13.6. The van der Waals surface area contributed by atoms with Crippen molar-refractivity contribution in [2.45, 2.75) is 39.3 Å². The Kier molecular flexibility index (Phi) is 4.84. The molecule has 0 aliphatic carbocycles. The van der Waals surface area contributed by atoms with Crippen LogP contribution in [0.3, 0.4) is 0 Å². The minimum absolute atomic E-state index is 0.264. The van der Waals surface area contributed by atoms with Crippen LogP contribution in [-0.2, 0) is 6.54 Å². The maximum atomic E-state index is 10.1. The second kappa shape index (κ2) is 5.71. The third-order valence-corrected chi connectivity index (χ3v) is 3.29. The quantitative estimate of drug-likeness (QED) is 0.810. The lowest BCUT2D eigenvalue weighted by molar-refractivity contribution is 0.00505. The molecule has 4 heteroatoms. The zero-order valence-corrected chi connectivity index (χ0v) is 10.8. The monoisotopic (exact) mass is 245 g/mol. The Hall–Kier alpha value is -0.510. The second-order valence-corrected chi connectivity index (χ2v) is 4.85. The first-order valence-corrected chi connectivity index (χ1v) is 6.01. The van der Waals surface area contributed by atoms with E-state index < -0.39 is 5.60 Å². The summed E-state index contributed by atoms with van der Waals surface area (Å²) in [4.78, 5) is 0. The zero-order valence-electron chi connectivity index (χ0n) is 10.1. The first-order chi connectivity index (χ1) is 7.45. The Balaban J connectivity index is 2.35. The first-order valence-electron chi connectivity index (χ1n) is 5.63. The van der Waals surface area contributed by atoms with Crippen molar-refractivity contribution in [2.24, 2.45) is 5.92 Å². The van der Waals surface area contributed by atoms with Crippen LogP contribution in [0, 0.1) is 5.92 Å². The van der Waals surface area contributed by atoms with Gasteiger partial charge in [-0.05, 0) is 36.6 Å². The molecule has 0 aromatic carbocycles. The topological polar surface area (TPSA) is 45.4 Å². The van der Waals surface area contributed by atoms with Crippen LogP contribution in [0.2, 0.25) is 5.22 Å². The summed E-state index contributed by atoms with van der Waals surface area (Å²) in [6.07, 6.45) is 0.960. The highest BCUT2D eigenvalue weighted by Gasteiger charge is 2.26. The van der Waals surface area contributed by atoms with Crippen LogP contribution in [0.4, 0.5) is 0 Å². The molecule has 0 spiro atoms. The summed E-state index contributed by atoms with van der Waals surface area (Å²) < 4.78 is 5.21. The fourth-order valence-corrected chi connectivity index (χ4v) is 1.66. The predicted octanol–water partition coefficient (Wildman–Crippen LogP) is 2.82. The van der Waals surface area contributed by atoms with Gasteiger partial charge in [-0.3, -0.25) is 0 Å². The maximum absolute atomic E-state index is 10.1. The van der Waals surface area contributed by atoms with E-state index in [9.17, 15) is 5.11 Å². The average Bonchev–Trinajstić information content (AvgIpc) is 2.62. The summed E-state index contributed by atoms with van der Waals surface area (Å²) in [5, 5.41) is 13.7. The van der Waals surface area contributed by atoms with E-state index in [0.717, 1.165) is 12.2 Å². The van der Waals surface area contributed by atoms with Gasteiger partial charge < -0.3 is 14.8 Å². The van der Waals surface area contributed by atoms with Gasteiger partial charge in [0.15, 0.2) is 5.22 Å². The van der Waals surface area contributed by atoms with Crippen LogP contribution in [0.1, 0.15) is 33.0 Å². The van der Waals surface area contributed by atoms with Crippen molar-refractivity contribution in [3.8, 4) is 0 Å². The van der Waals surface area contributed by atoms with Gasteiger partial charge in [0, 0.05) is 6.54 Å². The summed E-state index contributed by atoms with van der Waals surface area (Å²) in [6.45, 7) is 7.10. The summed E-state index contributed by atoms with van der Waals surface area (Å²) in [5.41, 5.74) is -0.689. The van der Waals surface area contributed by atoms with Crippen LogP contribution in [0.25, 0.3) is 0 Å². The minimum atomic E-state index is -0.689. The van der Waals surface area contributed by atoms with Gasteiger partial charge in [-0.25, -0.2) is 0 Å². The van der Waals surface area contributed by atoms with Crippen LogP contribution >= 0.6 is 11.6 Å². The molecule has 0 radical (unpaired) electrons. The number of halogens is 1. The number of furan rings is 1. The molecule has 2 atom stereocenters. The number of rotatable bonds is 6. The van der Waals surface area contributed by atoms with Crippen molar-refractivity contribution in [2.75, 3.05) is 6.54 Å². The highest BCUT2D eigenvalue weighted by Crippen LogP contribution is 2.19. The van der Waals surface area contributed by atoms with E-state index in [2.05, 4.69) is 12.2 Å². The summed E-state index contributed by atoms with van der Waals surface area (Å²) in [6, 6.07) is 3.54. The van der Waals surface area contributed by atoms with E-state index in [0.29, 0.717) is 18.3 Å². The Morgan fingerprint density at radius 3 is 2.75 bits per heavy atom. The summed E-state index contributed by atoms with van der Waals surface area (Å²) in [5.74, 6) is 1.05. The smallest absolute Gasteiger partial charge is 0.193 e. The molecule has 0 saturated heterocycles. The average molecular weight is 246 g/mol. The number of hydrogen-bond acceptors (Lipinski definition) is 3. The normalized spacial score (nSPS) is 17.1. The van der Waals surface area contributed by atoms with Crippen molar-refractivity contribution in [1.29, 1.82) is 0 Å². The molecule has 2 unspecified atom stereocenters. The fourth-order valence-electron chi connectivity index (χ4n) is 1.50. The largest absolute Gasteiger partial charge is 0.448 e. The summed E-state index contributed by atoms with van der Waals surface area (Å²) >= 11 is 5.66. The van der Waals surface area contributed by atoms with E-state index in [4.69, 9.17) is 16.0 Å². The number of nitrogens with one attached hydrogen (secondary N) is 1. The van der Waals surface area contributed by atoms with Gasteiger partial charge in [0.05, 0.1) is 12.1 Å². The third-order valence-electron chi connectivity index (χ3n) is 3.09. The SMILES string of the molecule is CCC(C)C(C)(O)CNCc1ccc(Cl)o1. The molecule has 1 aromatic rings. The highest BCUT2D eigenvalue weighted by molar-refractivity contribution is 6.28. The predicted molar refractivity (Wildman–Crippen MR) is 65.5 cm³/mol. The van der Waals surface area contributed by atoms with Crippen LogP contribution in [0.5, 0.6) is 0 Å². The highest BCUT2D eigenvalue weighted by atomic mass is 35.5. The van der Waals surface area contributed by atoms with E-state index in [1.54, 1.807) is 6.07 Å². The Morgan fingerprint density at radius 1 is 1.56 bits per heavy atom. The zero-order chi connectivity index (χ0) is 12.2. The van der Waals surface area contributed by atoms with Gasteiger partial charge in [0.1, 0.15) is 5.76 Å². The summed E-state index contributed by atoms with van der Waals surface area (Å²) in [7, 11) is 0. The molecule has 1 aromatic heterocycles. The molecule has 1 rings (SSSR count). The van der Waals surface area contributed by atoms with Crippen LogP contribution < -0.4 is 5.32 Å². The molecule has 0 aliphatic rings. The molecule has 0 saturated carbocycles. The molecule has 92 valence electrons. The van der Waals surface area contributed by atoms with E-state index in [1.807, 2.05) is 19.9 Å². The number of aliphatic hydroxyl groups is 1.